The van der Waals surface area contributed by atoms with E-state index in [-0.39, 0.29) is 21.5 Å². The summed E-state index contributed by atoms with van der Waals surface area (Å²) in [5.74, 6) is 2.58. The summed E-state index contributed by atoms with van der Waals surface area (Å²) in [6.45, 7) is 0. The summed E-state index contributed by atoms with van der Waals surface area (Å²) in [6.07, 6.45) is 8.30. The third kappa shape index (κ3) is 2.23. The molecule has 0 atom stereocenters. The summed E-state index contributed by atoms with van der Waals surface area (Å²) in [7, 11) is 0. The van der Waals surface area contributed by atoms with Crippen LogP contribution >= 0.6 is 23.2 Å². The van der Waals surface area contributed by atoms with E-state index < -0.39 is 0 Å². The molecule has 0 spiro atoms. The predicted molar refractivity (Wildman–Crippen MR) is 81.3 cm³/mol. The van der Waals surface area contributed by atoms with Crippen molar-refractivity contribution in [2.75, 3.05) is 5.32 Å². The van der Waals surface area contributed by atoms with E-state index >= 15 is 0 Å². The number of hydrogen-bond donors (Lipinski definition) is 1. The van der Waals surface area contributed by atoms with E-state index in [1.54, 1.807) is 0 Å². The van der Waals surface area contributed by atoms with Crippen molar-refractivity contribution in [1.82, 2.24) is 9.97 Å². The third-order valence-electron chi connectivity index (χ3n) is 5.50. The number of halogens is 2. The van der Waals surface area contributed by atoms with Crippen LogP contribution in [0.3, 0.4) is 0 Å². The lowest BCUT2D eigenvalue weighted by molar-refractivity contribution is -0.140. The highest BCUT2D eigenvalue weighted by Crippen LogP contribution is 2.60. The first-order valence-electron chi connectivity index (χ1n) is 7.53. The Bertz CT molecular complexity index is 569. The van der Waals surface area contributed by atoms with Crippen LogP contribution in [0.2, 0.25) is 10.2 Å². The highest BCUT2D eigenvalue weighted by atomic mass is 35.5. The minimum absolute atomic E-state index is 0.0678. The standard InChI is InChI=1S/C15H17Cl2N3O/c16-11-12(17)18-7-19-13(11)20-14(21)15-4-8-1-9(5-15)3-10(2-8)6-15/h7-10H,1-6H2,(H,18,19,20,21). The van der Waals surface area contributed by atoms with E-state index in [0.29, 0.717) is 5.82 Å². The van der Waals surface area contributed by atoms with Crippen LogP contribution in [0.25, 0.3) is 0 Å². The van der Waals surface area contributed by atoms with Gasteiger partial charge in [-0.05, 0) is 56.3 Å². The molecule has 5 rings (SSSR count). The number of nitrogens with zero attached hydrogens (tertiary/aromatic N) is 2. The van der Waals surface area contributed by atoms with Gasteiger partial charge in [0.15, 0.2) is 11.0 Å². The van der Waals surface area contributed by atoms with E-state index in [0.717, 1.165) is 37.0 Å². The van der Waals surface area contributed by atoms with Gasteiger partial charge in [-0.1, -0.05) is 23.2 Å². The maximum absolute atomic E-state index is 12.9. The van der Waals surface area contributed by atoms with Crippen LogP contribution in [0, 0.1) is 23.2 Å². The number of anilines is 1. The van der Waals surface area contributed by atoms with Gasteiger partial charge in [0.05, 0.1) is 5.41 Å². The predicted octanol–water partition coefficient (Wildman–Crippen LogP) is 3.94. The summed E-state index contributed by atoms with van der Waals surface area (Å²) in [4.78, 5) is 20.7. The van der Waals surface area contributed by atoms with Gasteiger partial charge in [-0.3, -0.25) is 4.79 Å². The molecule has 6 heteroatoms. The normalized spacial score (nSPS) is 36.8. The molecule has 1 heterocycles. The molecule has 4 saturated carbocycles. The average Bonchev–Trinajstić information content (AvgIpc) is 2.42. The van der Waals surface area contributed by atoms with Gasteiger partial charge in [-0.25, -0.2) is 9.97 Å². The molecule has 4 aliphatic carbocycles. The Morgan fingerprint density at radius 3 is 2.24 bits per heavy atom. The fraction of sp³-hybridized carbons (Fsp3) is 0.667. The number of carbonyl (C=O) groups excluding carboxylic acids is 1. The first-order valence-corrected chi connectivity index (χ1v) is 8.29. The number of carbonyl (C=O) groups is 1. The lowest BCUT2D eigenvalue weighted by Gasteiger charge is -2.55. The highest BCUT2D eigenvalue weighted by Gasteiger charge is 2.54. The van der Waals surface area contributed by atoms with Gasteiger partial charge >= 0.3 is 0 Å². The molecule has 1 aromatic heterocycles. The molecular weight excluding hydrogens is 309 g/mol. The molecule has 0 saturated heterocycles. The molecule has 1 aromatic rings. The van der Waals surface area contributed by atoms with Crippen molar-refractivity contribution in [1.29, 1.82) is 0 Å². The number of rotatable bonds is 2. The van der Waals surface area contributed by atoms with E-state index in [1.165, 1.54) is 25.6 Å². The van der Waals surface area contributed by atoms with Crippen molar-refractivity contribution in [2.24, 2.45) is 23.2 Å². The van der Waals surface area contributed by atoms with Crippen LogP contribution in [0.5, 0.6) is 0 Å². The summed E-state index contributed by atoms with van der Waals surface area (Å²) < 4.78 is 0. The maximum Gasteiger partial charge on any atom is 0.231 e. The summed E-state index contributed by atoms with van der Waals surface area (Å²) in [5, 5.41) is 3.29. The fourth-order valence-electron chi connectivity index (χ4n) is 5.06. The number of nitrogens with one attached hydrogen (secondary N) is 1. The van der Waals surface area contributed by atoms with Gasteiger partial charge in [-0.2, -0.15) is 0 Å². The van der Waals surface area contributed by atoms with Gasteiger partial charge in [0, 0.05) is 0 Å². The smallest absolute Gasteiger partial charge is 0.231 e. The second-order valence-corrected chi connectivity index (χ2v) is 7.72. The van der Waals surface area contributed by atoms with Crippen LogP contribution in [0.15, 0.2) is 6.33 Å². The molecular formula is C15H17Cl2N3O. The number of aromatic nitrogens is 2. The Morgan fingerprint density at radius 2 is 1.67 bits per heavy atom. The first kappa shape index (κ1) is 13.8. The van der Waals surface area contributed by atoms with Crippen molar-refractivity contribution in [3.8, 4) is 0 Å². The summed E-state index contributed by atoms with van der Waals surface area (Å²) >= 11 is 12.0. The van der Waals surface area contributed by atoms with Crippen LogP contribution in [-0.2, 0) is 4.79 Å². The third-order valence-corrected chi connectivity index (χ3v) is 6.24. The summed E-state index contributed by atoms with van der Waals surface area (Å²) in [6, 6.07) is 0. The lowest BCUT2D eigenvalue weighted by atomic mass is 9.49. The van der Waals surface area contributed by atoms with E-state index in [4.69, 9.17) is 23.2 Å². The van der Waals surface area contributed by atoms with Crippen LogP contribution < -0.4 is 5.32 Å². The maximum atomic E-state index is 12.9. The van der Waals surface area contributed by atoms with Crippen LogP contribution in [0.1, 0.15) is 38.5 Å². The SMILES string of the molecule is O=C(Nc1ncnc(Cl)c1Cl)C12CC3CC(CC(C3)C1)C2. The molecule has 1 amide bonds. The Hall–Kier alpha value is -0.870. The average molecular weight is 326 g/mol. The summed E-state index contributed by atoms with van der Waals surface area (Å²) in [5.41, 5.74) is -0.213. The highest BCUT2D eigenvalue weighted by molar-refractivity contribution is 6.42. The van der Waals surface area contributed by atoms with Gasteiger partial charge in [0.1, 0.15) is 11.3 Å². The largest absolute Gasteiger partial charge is 0.309 e. The lowest BCUT2D eigenvalue weighted by Crippen LogP contribution is -2.51. The van der Waals surface area contributed by atoms with Crippen molar-refractivity contribution >= 4 is 34.9 Å². The number of hydrogen-bond acceptors (Lipinski definition) is 3. The van der Waals surface area contributed by atoms with Crippen molar-refractivity contribution < 1.29 is 4.79 Å². The second-order valence-electron chi connectivity index (χ2n) is 6.98. The van der Waals surface area contributed by atoms with Crippen LogP contribution in [-0.4, -0.2) is 15.9 Å². The van der Waals surface area contributed by atoms with Crippen molar-refractivity contribution in [3.05, 3.63) is 16.5 Å². The minimum atomic E-state index is -0.213. The molecule has 4 bridgehead atoms. The quantitative estimate of drug-likeness (QED) is 0.838. The molecule has 0 aliphatic heterocycles. The fourth-order valence-corrected chi connectivity index (χ4v) is 5.34. The van der Waals surface area contributed by atoms with E-state index in [9.17, 15) is 4.79 Å². The molecule has 0 aromatic carbocycles. The topological polar surface area (TPSA) is 54.9 Å². The van der Waals surface area contributed by atoms with Crippen LogP contribution in [0.4, 0.5) is 5.82 Å². The molecule has 112 valence electrons. The second kappa shape index (κ2) is 4.82. The van der Waals surface area contributed by atoms with Gasteiger partial charge in [0.25, 0.3) is 0 Å². The first-order chi connectivity index (χ1) is 10.1. The molecule has 21 heavy (non-hydrogen) atoms. The Morgan fingerprint density at radius 1 is 1.10 bits per heavy atom. The van der Waals surface area contributed by atoms with Gasteiger partial charge in [-0.15, -0.1) is 0 Å². The zero-order valence-corrected chi connectivity index (χ0v) is 13.1. The monoisotopic (exact) mass is 325 g/mol. The van der Waals surface area contributed by atoms with Gasteiger partial charge < -0.3 is 5.32 Å². The Balaban J connectivity index is 1.59. The molecule has 0 unspecified atom stereocenters. The minimum Gasteiger partial charge on any atom is -0.309 e. The Labute approximate surface area is 133 Å². The van der Waals surface area contributed by atoms with E-state index in [2.05, 4.69) is 15.3 Å². The van der Waals surface area contributed by atoms with E-state index in [1.807, 2.05) is 0 Å². The molecule has 1 N–H and O–H groups in total. The number of amides is 1. The zero-order chi connectivity index (χ0) is 14.6. The molecule has 4 aliphatic rings. The van der Waals surface area contributed by atoms with Crippen molar-refractivity contribution in [3.63, 3.8) is 0 Å². The zero-order valence-electron chi connectivity index (χ0n) is 11.6. The molecule has 4 nitrogen and oxygen atoms in total. The van der Waals surface area contributed by atoms with Gasteiger partial charge in [0.2, 0.25) is 5.91 Å². The molecule has 0 radical (unpaired) electrons. The van der Waals surface area contributed by atoms with Crippen molar-refractivity contribution in [2.45, 2.75) is 38.5 Å². The Kier molecular flexibility index (Phi) is 3.16. The molecule has 4 fully saturated rings.